The zero-order valence-corrected chi connectivity index (χ0v) is 9.74. The first-order valence-corrected chi connectivity index (χ1v) is 5.70. The summed E-state index contributed by atoms with van der Waals surface area (Å²) in [7, 11) is 0. The van der Waals surface area contributed by atoms with Crippen molar-refractivity contribution >= 4 is 23.4 Å². The molecule has 2 aliphatic rings. The van der Waals surface area contributed by atoms with Crippen LogP contribution in [0.4, 0.5) is 5.82 Å². The molecule has 17 heavy (non-hydrogen) atoms. The van der Waals surface area contributed by atoms with Gasteiger partial charge in [0, 0.05) is 13.1 Å². The Labute approximate surface area is 103 Å². The summed E-state index contributed by atoms with van der Waals surface area (Å²) in [6, 6.07) is 0. The Morgan fingerprint density at radius 1 is 1.24 bits per heavy atom. The van der Waals surface area contributed by atoms with Crippen molar-refractivity contribution in [2.24, 2.45) is 0 Å². The average Bonchev–Trinajstić information content (AvgIpc) is 2.72. The lowest BCUT2D eigenvalue weighted by atomic mass is 10.2. The van der Waals surface area contributed by atoms with E-state index in [0.29, 0.717) is 19.0 Å². The third-order valence-corrected chi connectivity index (χ3v) is 2.98. The van der Waals surface area contributed by atoms with Crippen molar-refractivity contribution in [3.8, 4) is 0 Å². The third-order valence-electron chi connectivity index (χ3n) is 2.81. The number of hydrogen-bond donors (Lipinski definition) is 0. The number of morpholine rings is 1. The summed E-state index contributed by atoms with van der Waals surface area (Å²) < 4.78 is 10.2. The Hall–Kier alpha value is -1.40. The molecule has 3 heterocycles. The SMILES string of the molecule is O=C1OCc2c1nc(Cl)nc2N1CCOCC1. The number of carbonyl (C=O) groups is 1. The van der Waals surface area contributed by atoms with E-state index < -0.39 is 5.97 Å². The molecule has 0 spiro atoms. The minimum atomic E-state index is -0.432. The van der Waals surface area contributed by atoms with E-state index in [9.17, 15) is 4.79 Å². The third kappa shape index (κ3) is 1.83. The predicted octanol–water partition coefficient (Wildman–Crippen LogP) is 0.637. The van der Waals surface area contributed by atoms with Crippen molar-refractivity contribution in [2.75, 3.05) is 31.2 Å². The van der Waals surface area contributed by atoms with Crippen LogP contribution in [0.15, 0.2) is 0 Å². The summed E-state index contributed by atoms with van der Waals surface area (Å²) in [6.45, 7) is 2.97. The standard InChI is InChI=1S/C10H10ClN3O3/c11-10-12-7-6(5-17-9(7)15)8(13-10)14-1-3-16-4-2-14/h1-5H2. The lowest BCUT2D eigenvalue weighted by molar-refractivity contribution is 0.0531. The van der Waals surface area contributed by atoms with E-state index in [1.807, 2.05) is 4.90 Å². The molecule has 1 saturated heterocycles. The van der Waals surface area contributed by atoms with Crippen molar-refractivity contribution in [3.63, 3.8) is 0 Å². The van der Waals surface area contributed by atoms with E-state index in [1.54, 1.807) is 0 Å². The molecule has 0 atom stereocenters. The molecule has 1 aromatic heterocycles. The van der Waals surface area contributed by atoms with Crippen molar-refractivity contribution in [1.82, 2.24) is 9.97 Å². The Kier molecular flexibility index (Phi) is 2.60. The second-order valence-corrected chi connectivity index (χ2v) is 4.16. The Morgan fingerprint density at radius 2 is 2.00 bits per heavy atom. The van der Waals surface area contributed by atoms with Crippen LogP contribution >= 0.6 is 11.6 Å². The first-order chi connectivity index (χ1) is 8.25. The van der Waals surface area contributed by atoms with Crippen molar-refractivity contribution in [3.05, 3.63) is 16.5 Å². The van der Waals surface area contributed by atoms with Crippen molar-refractivity contribution in [1.29, 1.82) is 0 Å². The molecule has 90 valence electrons. The molecule has 7 heteroatoms. The monoisotopic (exact) mass is 255 g/mol. The molecule has 0 saturated carbocycles. The van der Waals surface area contributed by atoms with E-state index in [0.717, 1.165) is 18.7 Å². The highest BCUT2D eigenvalue weighted by atomic mass is 35.5. The van der Waals surface area contributed by atoms with Crippen molar-refractivity contribution in [2.45, 2.75) is 6.61 Å². The van der Waals surface area contributed by atoms with Gasteiger partial charge in [-0.1, -0.05) is 0 Å². The van der Waals surface area contributed by atoms with Gasteiger partial charge in [-0.2, -0.15) is 0 Å². The molecule has 1 aromatic rings. The number of nitrogens with zero attached hydrogens (tertiary/aromatic N) is 3. The smallest absolute Gasteiger partial charge is 0.357 e. The first-order valence-electron chi connectivity index (χ1n) is 5.32. The molecule has 1 fully saturated rings. The number of ether oxygens (including phenoxy) is 2. The number of esters is 1. The Morgan fingerprint density at radius 3 is 2.76 bits per heavy atom. The Balaban J connectivity index is 2.04. The molecule has 0 unspecified atom stereocenters. The average molecular weight is 256 g/mol. The van der Waals surface area contributed by atoms with Gasteiger partial charge in [-0.15, -0.1) is 0 Å². The highest BCUT2D eigenvalue weighted by molar-refractivity contribution is 6.28. The van der Waals surface area contributed by atoms with E-state index in [2.05, 4.69) is 9.97 Å². The molecular weight excluding hydrogens is 246 g/mol. The number of carbonyl (C=O) groups excluding carboxylic acids is 1. The second kappa shape index (κ2) is 4.12. The van der Waals surface area contributed by atoms with Gasteiger partial charge in [-0.3, -0.25) is 0 Å². The minimum Gasteiger partial charge on any atom is -0.456 e. The highest BCUT2D eigenvalue weighted by Crippen LogP contribution is 2.28. The van der Waals surface area contributed by atoms with E-state index in [-0.39, 0.29) is 17.6 Å². The molecule has 0 radical (unpaired) electrons. The van der Waals surface area contributed by atoms with Crippen molar-refractivity contribution < 1.29 is 14.3 Å². The van der Waals surface area contributed by atoms with Gasteiger partial charge in [0.2, 0.25) is 5.28 Å². The second-order valence-electron chi connectivity index (χ2n) is 3.82. The predicted molar refractivity (Wildman–Crippen MR) is 59.2 cm³/mol. The summed E-state index contributed by atoms with van der Waals surface area (Å²) in [5.74, 6) is 0.257. The van der Waals surface area contributed by atoms with Crippen LogP contribution in [0.5, 0.6) is 0 Å². The fraction of sp³-hybridized carbons (Fsp3) is 0.500. The van der Waals surface area contributed by atoms with Gasteiger partial charge < -0.3 is 14.4 Å². The van der Waals surface area contributed by atoms with Crippen LogP contribution in [0.3, 0.4) is 0 Å². The summed E-state index contributed by atoms with van der Waals surface area (Å²) in [5, 5.41) is 0.0732. The number of hydrogen-bond acceptors (Lipinski definition) is 6. The zero-order chi connectivity index (χ0) is 11.8. The lowest BCUT2D eigenvalue weighted by Crippen LogP contribution is -2.37. The number of anilines is 1. The van der Waals surface area contributed by atoms with E-state index >= 15 is 0 Å². The van der Waals surface area contributed by atoms with Gasteiger partial charge in [-0.05, 0) is 11.6 Å². The molecule has 0 N–H and O–H groups in total. The maximum atomic E-state index is 11.4. The maximum Gasteiger partial charge on any atom is 0.357 e. The molecule has 2 aliphatic heterocycles. The molecule has 6 nitrogen and oxygen atoms in total. The van der Waals surface area contributed by atoms with Gasteiger partial charge in [0.05, 0.1) is 18.8 Å². The molecule has 0 amide bonds. The summed E-state index contributed by atoms with van der Waals surface area (Å²) >= 11 is 5.83. The molecular formula is C10H10ClN3O3. The van der Waals surface area contributed by atoms with Crippen LogP contribution in [-0.2, 0) is 16.1 Å². The topological polar surface area (TPSA) is 64.5 Å². The summed E-state index contributed by atoms with van der Waals surface area (Å²) in [6.07, 6.45) is 0. The van der Waals surface area contributed by atoms with Crippen LogP contribution in [0.1, 0.15) is 16.1 Å². The first kappa shape index (κ1) is 10.7. The fourth-order valence-electron chi connectivity index (χ4n) is 1.99. The Bertz CT molecular complexity index is 474. The number of aromatic nitrogens is 2. The molecule has 3 rings (SSSR count). The number of cyclic esters (lactones) is 1. The quantitative estimate of drug-likeness (QED) is 0.542. The van der Waals surface area contributed by atoms with Crippen LogP contribution in [0, 0.1) is 0 Å². The van der Waals surface area contributed by atoms with Gasteiger partial charge in [-0.25, -0.2) is 14.8 Å². The maximum absolute atomic E-state index is 11.4. The zero-order valence-electron chi connectivity index (χ0n) is 8.98. The van der Waals surface area contributed by atoms with Crippen LogP contribution in [-0.4, -0.2) is 42.2 Å². The number of halogens is 1. The van der Waals surface area contributed by atoms with Crippen LogP contribution in [0.25, 0.3) is 0 Å². The highest BCUT2D eigenvalue weighted by Gasteiger charge is 2.30. The van der Waals surface area contributed by atoms with E-state index in [4.69, 9.17) is 21.1 Å². The van der Waals surface area contributed by atoms with Gasteiger partial charge in [0.25, 0.3) is 0 Å². The molecule has 0 bridgehead atoms. The van der Waals surface area contributed by atoms with Gasteiger partial charge in [0.15, 0.2) is 5.69 Å². The van der Waals surface area contributed by atoms with Gasteiger partial charge in [0.1, 0.15) is 12.4 Å². The van der Waals surface area contributed by atoms with Crippen LogP contribution < -0.4 is 4.90 Å². The van der Waals surface area contributed by atoms with E-state index in [1.165, 1.54) is 0 Å². The lowest BCUT2D eigenvalue weighted by Gasteiger charge is -2.28. The normalized spacial score (nSPS) is 19.1. The largest absolute Gasteiger partial charge is 0.456 e. The summed E-state index contributed by atoms with van der Waals surface area (Å²) in [5.41, 5.74) is 1.01. The van der Waals surface area contributed by atoms with Crippen LogP contribution in [0.2, 0.25) is 5.28 Å². The molecule has 0 aliphatic carbocycles. The number of rotatable bonds is 1. The fourth-order valence-corrected chi connectivity index (χ4v) is 2.15. The molecule has 0 aromatic carbocycles. The summed E-state index contributed by atoms with van der Waals surface area (Å²) in [4.78, 5) is 21.6. The minimum absolute atomic E-state index is 0.0732. The van der Waals surface area contributed by atoms with Gasteiger partial charge >= 0.3 is 5.97 Å². The number of fused-ring (bicyclic) bond motifs is 1.